The number of fused-ring (bicyclic) bond motifs is 1. The lowest BCUT2D eigenvalue weighted by Gasteiger charge is -2.11. The molecule has 0 radical (unpaired) electrons. The predicted octanol–water partition coefficient (Wildman–Crippen LogP) is 4.56. The zero-order chi connectivity index (χ0) is 20.4. The van der Waals surface area contributed by atoms with Gasteiger partial charge in [-0.25, -0.2) is 0 Å². The van der Waals surface area contributed by atoms with Gasteiger partial charge in [0.2, 0.25) is 0 Å². The van der Waals surface area contributed by atoms with E-state index in [0.29, 0.717) is 22.6 Å². The molecule has 146 valence electrons. The van der Waals surface area contributed by atoms with Gasteiger partial charge >= 0.3 is 0 Å². The number of para-hydroxylation sites is 1. The number of aromatic amines is 1. The van der Waals surface area contributed by atoms with E-state index >= 15 is 0 Å². The normalized spacial score (nSPS) is 10.8. The van der Waals surface area contributed by atoms with E-state index in [4.69, 9.17) is 4.42 Å². The Bertz CT molecular complexity index is 1190. The summed E-state index contributed by atoms with van der Waals surface area (Å²) in [5.41, 5.74) is 4.57. The minimum Gasteiger partial charge on any atom is -0.467 e. The van der Waals surface area contributed by atoms with Crippen LogP contribution in [-0.4, -0.2) is 16.8 Å². The Morgan fingerprint density at radius 1 is 1.00 bits per heavy atom. The van der Waals surface area contributed by atoms with Crippen LogP contribution >= 0.6 is 0 Å². The first kappa shape index (κ1) is 18.6. The molecule has 0 bridgehead atoms. The van der Waals surface area contributed by atoms with E-state index in [0.717, 1.165) is 22.2 Å². The number of carbonyl (C=O) groups is 2. The van der Waals surface area contributed by atoms with Gasteiger partial charge in [0.25, 0.3) is 11.8 Å². The number of anilines is 1. The second-order valence-corrected chi connectivity index (χ2v) is 6.90. The molecule has 6 nitrogen and oxygen atoms in total. The van der Waals surface area contributed by atoms with E-state index in [1.165, 1.54) is 0 Å². The van der Waals surface area contributed by atoms with Gasteiger partial charge in [-0.1, -0.05) is 12.1 Å². The van der Waals surface area contributed by atoms with Crippen molar-refractivity contribution in [2.24, 2.45) is 0 Å². The maximum absolute atomic E-state index is 12.8. The average molecular weight is 387 g/mol. The van der Waals surface area contributed by atoms with Gasteiger partial charge < -0.3 is 20.0 Å². The van der Waals surface area contributed by atoms with Crippen LogP contribution in [0.1, 0.15) is 37.7 Å². The molecular weight excluding hydrogens is 366 g/mol. The number of amides is 2. The van der Waals surface area contributed by atoms with Gasteiger partial charge in [-0.2, -0.15) is 0 Å². The summed E-state index contributed by atoms with van der Waals surface area (Å²) in [4.78, 5) is 28.7. The highest BCUT2D eigenvalue weighted by atomic mass is 16.3. The largest absolute Gasteiger partial charge is 0.467 e. The third-order valence-electron chi connectivity index (χ3n) is 4.99. The number of aromatic nitrogens is 1. The highest BCUT2D eigenvalue weighted by Crippen LogP contribution is 2.23. The zero-order valence-electron chi connectivity index (χ0n) is 16.2. The summed E-state index contributed by atoms with van der Waals surface area (Å²) < 4.78 is 5.23. The van der Waals surface area contributed by atoms with Crippen molar-refractivity contribution in [2.75, 3.05) is 5.32 Å². The molecule has 2 aromatic heterocycles. The third-order valence-corrected chi connectivity index (χ3v) is 4.99. The van der Waals surface area contributed by atoms with E-state index in [9.17, 15) is 9.59 Å². The van der Waals surface area contributed by atoms with E-state index in [1.807, 2.05) is 26.0 Å². The van der Waals surface area contributed by atoms with Crippen molar-refractivity contribution in [3.05, 3.63) is 89.0 Å². The first-order valence-electron chi connectivity index (χ1n) is 9.33. The Morgan fingerprint density at radius 3 is 2.62 bits per heavy atom. The number of furan rings is 1. The second-order valence-electron chi connectivity index (χ2n) is 6.90. The summed E-state index contributed by atoms with van der Waals surface area (Å²) in [5.74, 6) is 0.103. The molecule has 3 N–H and O–H groups in total. The topological polar surface area (TPSA) is 87.1 Å². The van der Waals surface area contributed by atoms with Crippen molar-refractivity contribution in [2.45, 2.75) is 20.4 Å². The van der Waals surface area contributed by atoms with Gasteiger partial charge in [0.05, 0.1) is 24.1 Å². The highest BCUT2D eigenvalue weighted by Gasteiger charge is 2.15. The molecule has 2 heterocycles. The molecule has 0 atom stereocenters. The van der Waals surface area contributed by atoms with Gasteiger partial charge in [0, 0.05) is 22.2 Å². The number of rotatable bonds is 5. The summed E-state index contributed by atoms with van der Waals surface area (Å²) >= 11 is 0. The summed E-state index contributed by atoms with van der Waals surface area (Å²) in [6.07, 6.45) is 1.56. The van der Waals surface area contributed by atoms with E-state index in [2.05, 4.69) is 15.6 Å². The van der Waals surface area contributed by atoms with Crippen molar-refractivity contribution in [3.63, 3.8) is 0 Å². The molecule has 29 heavy (non-hydrogen) atoms. The van der Waals surface area contributed by atoms with Crippen LogP contribution in [0, 0.1) is 13.8 Å². The van der Waals surface area contributed by atoms with Crippen LogP contribution in [0.4, 0.5) is 5.69 Å². The minimum atomic E-state index is -0.287. The molecule has 2 aromatic carbocycles. The maximum Gasteiger partial charge on any atom is 0.255 e. The van der Waals surface area contributed by atoms with Crippen molar-refractivity contribution in [3.8, 4) is 0 Å². The Balaban J connectivity index is 1.54. The fraction of sp³-hybridized carbons (Fsp3) is 0.130. The number of hydrogen-bond donors (Lipinski definition) is 3. The molecule has 0 saturated heterocycles. The van der Waals surface area contributed by atoms with Gasteiger partial charge in [-0.05, 0) is 61.9 Å². The standard InChI is InChI=1S/C23H21N3O3/c1-14-15(2)25-21-10-9-16(12-19(14)21)22(27)26-20-8-4-3-7-18(20)23(28)24-13-17-6-5-11-29-17/h3-12,25H,13H2,1-2H3,(H,24,28)(H,26,27). The lowest BCUT2D eigenvalue weighted by molar-refractivity contribution is 0.0949. The maximum atomic E-state index is 12.8. The first-order chi connectivity index (χ1) is 14.0. The first-order valence-corrected chi connectivity index (χ1v) is 9.33. The Hall–Kier alpha value is -3.80. The van der Waals surface area contributed by atoms with Crippen LogP contribution in [0.2, 0.25) is 0 Å². The molecule has 0 saturated carbocycles. The van der Waals surface area contributed by atoms with Gasteiger partial charge in [0.15, 0.2) is 0 Å². The molecule has 0 aliphatic carbocycles. The predicted molar refractivity (Wildman–Crippen MR) is 112 cm³/mol. The molecule has 0 spiro atoms. The molecular formula is C23H21N3O3. The monoisotopic (exact) mass is 387 g/mol. The van der Waals surface area contributed by atoms with Crippen LogP contribution in [0.15, 0.2) is 65.3 Å². The molecule has 4 aromatic rings. The van der Waals surface area contributed by atoms with Crippen LogP contribution in [-0.2, 0) is 6.54 Å². The SMILES string of the molecule is Cc1[nH]c2ccc(C(=O)Nc3ccccc3C(=O)NCc3ccco3)cc2c1C. The van der Waals surface area contributed by atoms with Crippen LogP contribution in [0.5, 0.6) is 0 Å². The molecule has 0 fully saturated rings. The van der Waals surface area contributed by atoms with Crippen LogP contribution in [0.25, 0.3) is 10.9 Å². The number of H-pyrrole nitrogens is 1. The lowest BCUT2D eigenvalue weighted by Crippen LogP contribution is -2.24. The number of hydrogen-bond acceptors (Lipinski definition) is 3. The zero-order valence-corrected chi connectivity index (χ0v) is 16.2. The highest BCUT2D eigenvalue weighted by molar-refractivity contribution is 6.10. The molecule has 0 unspecified atom stereocenters. The van der Waals surface area contributed by atoms with Crippen molar-refractivity contribution < 1.29 is 14.0 Å². The van der Waals surface area contributed by atoms with Gasteiger partial charge in [0.1, 0.15) is 5.76 Å². The van der Waals surface area contributed by atoms with Crippen molar-refractivity contribution in [1.29, 1.82) is 0 Å². The summed E-state index contributed by atoms with van der Waals surface area (Å²) in [6, 6.07) is 16.0. The van der Waals surface area contributed by atoms with Gasteiger partial charge in [-0.3, -0.25) is 9.59 Å². The van der Waals surface area contributed by atoms with E-state index in [-0.39, 0.29) is 18.4 Å². The van der Waals surface area contributed by atoms with Crippen molar-refractivity contribution >= 4 is 28.4 Å². The lowest BCUT2D eigenvalue weighted by atomic mass is 10.1. The molecule has 0 aliphatic heterocycles. The third kappa shape index (κ3) is 3.78. The Morgan fingerprint density at radius 2 is 1.83 bits per heavy atom. The van der Waals surface area contributed by atoms with Crippen LogP contribution in [0.3, 0.4) is 0 Å². The second kappa shape index (κ2) is 7.67. The fourth-order valence-electron chi connectivity index (χ4n) is 3.26. The fourth-order valence-corrected chi connectivity index (χ4v) is 3.26. The number of benzene rings is 2. The van der Waals surface area contributed by atoms with Gasteiger partial charge in [-0.15, -0.1) is 0 Å². The summed E-state index contributed by atoms with van der Waals surface area (Å²) in [5, 5.41) is 6.67. The summed E-state index contributed by atoms with van der Waals surface area (Å²) in [6.45, 7) is 4.30. The molecule has 2 amide bonds. The number of nitrogens with one attached hydrogen (secondary N) is 3. The van der Waals surface area contributed by atoms with E-state index in [1.54, 1.807) is 48.7 Å². The number of carbonyl (C=O) groups excluding carboxylic acids is 2. The molecule has 4 rings (SSSR count). The molecule has 6 heteroatoms. The summed E-state index contributed by atoms with van der Waals surface area (Å²) in [7, 11) is 0. The van der Waals surface area contributed by atoms with Crippen molar-refractivity contribution in [1.82, 2.24) is 10.3 Å². The minimum absolute atomic E-state index is 0.267. The number of aryl methyl sites for hydroxylation is 2. The molecule has 0 aliphatic rings. The quantitative estimate of drug-likeness (QED) is 0.469. The van der Waals surface area contributed by atoms with Crippen LogP contribution < -0.4 is 10.6 Å². The smallest absolute Gasteiger partial charge is 0.255 e. The Labute approximate surface area is 167 Å². The average Bonchev–Trinajstić information content (AvgIpc) is 3.34. The Kier molecular flexibility index (Phi) is 4.91. The van der Waals surface area contributed by atoms with E-state index < -0.39 is 0 Å².